The van der Waals surface area contributed by atoms with Gasteiger partial charge in [-0.3, -0.25) is 0 Å². The lowest BCUT2D eigenvalue weighted by Crippen LogP contribution is -2.41. The van der Waals surface area contributed by atoms with E-state index in [1.54, 1.807) is 0 Å². The number of nitrogens with two attached hydrogens (primary N) is 1. The van der Waals surface area contributed by atoms with Crippen LogP contribution in [0.5, 0.6) is 0 Å². The second-order valence-corrected chi connectivity index (χ2v) is 5.50. The molecule has 0 radical (unpaired) electrons. The third-order valence-corrected chi connectivity index (χ3v) is 4.12. The molecule has 0 spiro atoms. The van der Waals surface area contributed by atoms with Crippen molar-refractivity contribution in [2.45, 2.75) is 57.4 Å². The maximum atomic E-state index is 5.93. The minimum atomic E-state index is 0.482. The lowest BCUT2D eigenvalue weighted by atomic mass is 9.98. The Bertz CT molecular complexity index is 165. The maximum absolute atomic E-state index is 5.93. The van der Waals surface area contributed by atoms with Crippen molar-refractivity contribution in [2.24, 2.45) is 11.7 Å². The van der Waals surface area contributed by atoms with E-state index in [0.717, 1.165) is 5.92 Å². The van der Waals surface area contributed by atoms with E-state index < -0.39 is 0 Å². The lowest BCUT2D eigenvalue weighted by molar-refractivity contribution is 0.176. The highest BCUT2D eigenvalue weighted by atomic mass is 15.1. The van der Waals surface area contributed by atoms with Crippen LogP contribution in [0.15, 0.2) is 0 Å². The first-order valence-corrected chi connectivity index (χ1v) is 6.82. The van der Waals surface area contributed by atoms with Crippen LogP contribution in [-0.2, 0) is 0 Å². The van der Waals surface area contributed by atoms with Gasteiger partial charge in [-0.15, -0.1) is 0 Å². The van der Waals surface area contributed by atoms with Crippen molar-refractivity contribution >= 4 is 0 Å². The molecule has 15 heavy (non-hydrogen) atoms. The molecule has 2 heteroatoms. The first-order valence-electron chi connectivity index (χ1n) is 6.82. The predicted molar refractivity (Wildman–Crippen MR) is 64.8 cm³/mol. The van der Waals surface area contributed by atoms with Gasteiger partial charge in [0.05, 0.1) is 0 Å². The molecule has 1 aliphatic heterocycles. The Labute approximate surface area is 94.2 Å². The van der Waals surface area contributed by atoms with Crippen molar-refractivity contribution < 1.29 is 0 Å². The Morgan fingerprint density at radius 1 is 0.867 bits per heavy atom. The minimum Gasteiger partial charge on any atom is -0.328 e. The Balaban J connectivity index is 1.70. The fraction of sp³-hybridized carbons (Fsp3) is 1.00. The third-order valence-electron chi connectivity index (χ3n) is 4.12. The largest absolute Gasteiger partial charge is 0.328 e. The summed E-state index contributed by atoms with van der Waals surface area (Å²) < 4.78 is 0. The fourth-order valence-corrected chi connectivity index (χ4v) is 3.05. The molecule has 2 aliphatic rings. The summed E-state index contributed by atoms with van der Waals surface area (Å²) in [6.07, 6.45) is 11.3. The molecule has 0 aromatic carbocycles. The van der Waals surface area contributed by atoms with Gasteiger partial charge in [-0.05, 0) is 44.7 Å². The van der Waals surface area contributed by atoms with Crippen LogP contribution in [-0.4, -0.2) is 30.6 Å². The smallest absolute Gasteiger partial charge is 0.00631 e. The first-order chi connectivity index (χ1) is 7.34. The molecule has 0 atom stereocenters. The van der Waals surface area contributed by atoms with Crippen molar-refractivity contribution in [1.29, 1.82) is 0 Å². The highest BCUT2D eigenvalue weighted by molar-refractivity contribution is 4.76. The molecule has 0 unspecified atom stereocenters. The number of nitrogens with zero attached hydrogens (tertiary/aromatic N) is 1. The zero-order chi connectivity index (χ0) is 10.5. The molecule has 0 amide bonds. The number of hydrogen-bond acceptors (Lipinski definition) is 2. The standard InChI is InChI=1S/C13H26N2/c14-13-7-9-15(10-8-13)11-12-5-3-1-2-4-6-12/h12-13H,1-11,14H2. The Morgan fingerprint density at radius 2 is 1.47 bits per heavy atom. The fourth-order valence-electron chi connectivity index (χ4n) is 3.05. The molecule has 0 aromatic rings. The Kier molecular flexibility index (Phi) is 4.45. The van der Waals surface area contributed by atoms with Gasteiger partial charge in [0.15, 0.2) is 0 Å². The molecule has 1 saturated heterocycles. The highest BCUT2D eigenvalue weighted by Crippen LogP contribution is 2.24. The molecule has 0 bridgehead atoms. The number of piperidine rings is 1. The summed E-state index contributed by atoms with van der Waals surface area (Å²) in [5.74, 6) is 0.988. The van der Waals surface area contributed by atoms with Gasteiger partial charge >= 0.3 is 0 Å². The molecular formula is C13H26N2. The SMILES string of the molecule is NC1CCN(CC2CCCCCC2)CC1. The zero-order valence-corrected chi connectivity index (χ0v) is 9.96. The summed E-state index contributed by atoms with van der Waals surface area (Å²) in [4.78, 5) is 2.65. The maximum Gasteiger partial charge on any atom is 0.00631 e. The van der Waals surface area contributed by atoms with E-state index in [-0.39, 0.29) is 0 Å². The number of likely N-dealkylation sites (tertiary alicyclic amines) is 1. The monoisotopic (exact) mass is 210 g/mol. The molecule has 2 fully saturated rings. The second kappa shape index (κ2) is 5.86. The summed E-state index contributed by atoms with van der Waals surface area (Å²) >= 11 is 0. The Morgan fingerprint density at radius 3 is 2.07 bits per heavy atom. The normalized spacial score (nSPS) is 27.8. The van der Waals surface area contributed by atoms with E-state index >= 15 is 0 Å². The van der Waals surface area contributed by atoms with Gasteiger partial charge in [0.1, 0.15) is 0 Å². The van der Waals surface area contributed by atoms with Crippen LogP contribution in [0.2, 0.25) is 0 Å². The van der Waals surface area contributed by atoms with Gasteiger partial charge in [-0.1, -0.05) is 25.7 Å². The topological polar surface area (TPSA) is 29.3 Å². The predicted octanol–water partition coefficient (Wildman–Crippen LogP) is 2.38. The first kappa shape index (κ1) is 11.4. The number of rotatable bonds is 2. The molecule has 2 nitrogen and oxygen atoms in total. The lowest BCUT2D eigenvalue weighted by Gasteiger charge is -2.32. The van der Waals surface area contributed by atoms with Crippen LogP contribution in [0.3, 0.4) is 0 Å². The molecule has 2 rings (SSSR count). The summed E-state index contributed by atoms with van der Waals surface area (Å²) in [5.41, 5.74) is 5.93. The molecule has 1 heterocycles. The van der Waals surface area contributed by atoms with Crippen LogP contribution < -0.4 is 5.73 Å². The van der Waals surface area contributed by atoms with E-state index in [4.69, 9.17) is 5.73 Å². The van der Waals surface area contributed by atoms with E-state index in [9.17, 15) is 0 Å². The van der Waals surface area contributed by atoms with Crippen molar-refractivity contribution in [3.05, 3.63) is 0 Å². The number of hydrogen-bond donors (Lipinski definition) is 1. The van der Waals surface area contributed by atoms with Crippen LogP contribution in [0.4, 0.5) is 0 Å². The molecule has 88 valence electrons. The van der Waals surface area contributed by atoms with E-state index in [2.05, 4.69) is 4.90 Å². The molecule has 1 aliphatic carbocycles. The molecule has 1 saturated carbocycles. The summed E-state index contributed by atoms with van der Waals surface area (Å²) in [5, 5.41) is 0. The van der Waals surface area contributed by atoms with Crippen molar-refractivity contribution in [1.82, 2.24) is 4.90 Å². The van der Waals surface area contributed by atoms with Crippen molar-refractivity contribution in [3.8, 4) is 0 Å². The van der Waals surface area contributed by atoms with Crippen LogP contribution in [0, 0.1) is 5.92 Å². The average molecular weight is 210 g/mol. The van der Waals surface area contributed by atoms with Gasteiger partial charge in [0.25, 0.3) is 0 Å². The minimum absolute atomic E-state index is 0.482. The third kappa shape index (κ3) is 3.76. The van der Waals surface area contributed by atoms with E-state index in [1.807, 2.05) is 0 Å². The van der Waals surface area contributed by atoms with Crippen molar-refractivity contribution in [2.75, 3.05) is 19.6 Å². The van der Waals surface area contributed by atoms with Gasteiger partial charge in [0, 0.05) is 12.6 Å². The van der Waals surface area contributed by atoms with Crippen molar-refractivity contribution in [3.63, 3.8) is 0 Å². The second-order valence-electron chi connectivity index (χ2n) is 5.50. The van der Waals surface area contributed by atoms with Crippen LogP contribution in [0.25, 0.3) is 0 Å². The quantitative estimate of drug-likeness (QED) is 0.709. The molecule has 2 N–H and O–H groups in total. The summed E-state index contributed by atoms with van der Waals surface area (Å²) in [6, 6.07) is 0.482. The Hall–Kier alpha value is -0.0800. The van der Waals surface area contributed by atoms with E-state index in [1.165, 1.54) is 71.0 Å². The van der Waals surface area contributed by atoms with E-state index in [0.29, 0.717) is 6.04 Å². The van der Waals surface area contributed by atoms with Gasteiger partial charge in [-0.2, -0.15) is 0 Å². The van der Waals surface area contributed by atoms with Crippen LogP contribution >= 0.6 is 0 Å². The average Bonchev–Trinajstić information content (AvgIpc) is 2.50. The van der Waals surface area contributed by atoms with Crippen LogP contribution in [0.1, 0.15) is 51.4 Å². The molecule has 0 aromatic heterocycles. The summed E-state index contributed by atoms with van der Waals surface area (Å²) in [7, 11) is 0. The van der Waals surface area contributed by atoms with Gasteiger partial charge in [-0.25, -0.2) is 0 Å². The highest BCUT2D eigenvalue weighted by Gasteiger charge is 2.20. The zero-order valence-electron chi connectivity index (χ0n) is 9.96. The van der Waals surface area contributed by atoms with Gasteiger partial charge in [0.2, 0.25) is 0 Å². The summed E-state index contributed by atoms with van der Waals surface area (Å²) in [6.45, 7) is 3.85. The van der Waals surface area contributed by atoms with Gasteiger partial charge < -0.3 is 10.6 Å². The molecular weight excluding hydrogens is 184 g/mol.